The molecule has 0 amide bonds. The molecule has 3 aromatic heterocycles. The number of nitrogens with zero attached hydrogens (tertiary/aromatic N) is 2. The first kappa shape index (κ1) is 12.5. The van der Waals surface area contributed by atoms with Crippen molar-refractivity contribution in [1.29, 1.82) is 0 Å². The number of rotatable bonds is 3. The third kappa shape index (κ3) is 2.44. The highest BCUT2D eigenvalue weighted by Gasteiger charge is 2.08. The summed E-state index contributed by atoms with van der Waals surface area (Å²) in [5.41, 5.74) is 2.48. The Kier molecular flexibility index (Phi) is 3.26. The van der Waals surface area contributed by atoms with Crippen molar-refractivity contribution < 1.29 is 9.90 Å². The van der Waals surface area contributed by atoms with Crippen LogP contribution < -0.4 is 0 Å². The van der Waals surface area contributed by atoms with Gasteiger partial charge in [0.2, 0.25) is 0 Å². The molecule has 3 aromatic rings. The lowest BCUT2D eigenvalue weighted by Crippen LogP contribution is -1.97. The molecule has 5 heteroatoms. The van der Waals surface area contributed by atoms with Gasteiger partial charge in [-0.05, 0) is 41.3 Å². The Morgan fingerprint density at radius 2 is 1.80 bits per heavy atom. The van der Waals surface area contributed by atoms with E-state index < -0.39 is 5.97 Å². The van der Waals surface area contributed by atoms with Gasteiger partial charge in [-0.2, -0.15) is 0 Å². The van der Waals surface area contributed by atoms with Crippen molar-refractivity contribution in [3.05, 3.63) is 59.7 Å². The molecule has 0 unspecified atom stereocenters. The van der Waals surface area contributed by atoms with Crippen LogP contribution >= 0.6 is 11.3 Å². The van der Waals surface area contributed by atoms with Gasteiger partial charge < -0.3 is 5.11 Å². The number of hydrogen-bond acceptors (Lipinski definition) is 4. The number of pyridine rings is 2. The van der Waals surface area contributed by atoms with Crippen molar-refractivity contribution in [1.82, 2.24) is 9.97 Å². The average Bonchev–Trinajstić information content (AvgIpc) is 3.02. The van der Waals surface area contributed by atoms with Gasteiger partial charge in [-0.15, -0.1) is 11.3 Å². The maximum atomic E-state index is 11.0. The largest absolute Gasteiger partial charge is 0.478 e. The summed E-state index contributed by atoms with van der Waals surface area (Å²) in [6.07, 6.45) is 3.19. The highest BCUT2D eigenvalue weighted by atomic mass is 32.1. The van der Waals surface area contributed by atoms with E-state index in [9.17, 15) is 4.79 Å². The van der Waals surface area contributed by atoms with Gasteiger partial charge in [-0.25, -0.2) is 4.79 Å². The number of aromatic nitrogens is 2. The lowest BCUT2D eigenvalue weighted by Gasteiger charge is -2.03. The van der Waals surface area contributed by atoms with Crippen LogP contribution in [0.2, 0.25) is 0 Å². The van der Waals surface area contributed by atoms with Gasteiger partial charge in [0.25, 0.3) is 0 Å². The Hall–Kier alpha value is -2.53. The van der Waals surface area contributed by atoms with Crippen LogP contribution in [0.5, 0.6) is 0 Å². The molecule has 0 aliphatic rings. The Balaban J connectivity index is 2.04. The second-order valence-corrected chi connectivity index (χ2v) is 5.09. The number of carboxylic acid groups (broad SMARTS) is 1. The summed E-state index contributed by atoms with van der Waals surface area (Å²) in [6, 6.07) is 10.9. The molecular weight excluding hydrogens is 272 g/mol. The van der Waals surface area contributed by atoms with Gasteiger partial charge in [0.1, 0.15) is 0 Å². The van der Waals surface area contributed by atoms with Gasteiger partial charge in [0, 0.05) is 17.3 Å². The smallest absolute Gasteiger partial charge is 0.335 e. The van der Waals surface area contributed by atoms with Crippen molar-refractivity contribution in [2.24, 2.45) is 0 Å². The van der Waals surface area contributed by atoms with Crippen molar-refractivity contribution in [2.75, 3.05) is 0 Å². The quantitative estimate of drug-likeness (QED) is 0.797. The van der Waals surface area contributed by atoms with Crippen molar-refractivity contribution in [3.63, 3.8) is 0 Å². The van der Waals surface area contributed by atoms with Crippen LogP contribution in [0, 0.1) is 0 Å². The normalized spacial score (nSPS) is 10.4. The SMILES string of the molecule is O=C(O)c1ccnc(-c2cc(-c3cccs3)ccn2)c1. The summed E-state index contributed by atoms with van der Waals surface area (Å²) in [5, 5.41) is 11.0. The molecule has 0 aliphatic carbocycles. The zero-order chi connectivity index (χ0) is 13.9. The van der Waals surface area contributed by atoms with E-state index >= 15 is 0 Å². The molecular formula is C15H10N2O2S. The third-order valence-corrected chi connectivity index (χ3v) is 3.75. The highest BCUT2D eigenvalue weighted by Crippen LogP contribution is 2.27. The van der Waals surface area contributed by atoms with Crippen molar-refractivity contribution in [3.8, 4) is 21.8 Å². The first-order valence-electron chi connectivity index (χ1n) is 5.94. The molecule has 3 rings (SSSR count). The lowest BCUT2D eigenvalue weighted by molar-refractivity contribution is 0.0697. The molecule has 0 atom stereocenters. The predicted octanol–water partition coefficient (Wildman–Crippen LogP) is 3.57. The molecule has 0 spiro atoms. The Morgan fingerprint density at radius 3 is 2.50 bits per heavy atom. The summed E-state index contributed by atoms with van der Waals surface area (Å²) in [7, 11) is 0. The molecule has 20 heavy (non-hydrogen) atoms. The summed E-state index contributed by atoms with van der Waals surface area (Å²) < 4.78 is 0. The minimum Gasteiger partial charge on any atom is -0.478 e. The number of carboxylic acids is 1. The first-order valence-corrected chi connectivity index (χ1v) is 6.81. The average molecular weight is 282 g/mol. The van der Waals surface area contributed by atoms with E-state index in [4.69, 9.17) is 5.11 Å². The molecule has 0 radical (unpaired) electrons. The van der Waals surface area contributed by atoms with Crippen LogP contribution in [0.4, 0.5) is 0 Å². The summed E-state index contributed by atoms with van der Waals surface area (Å²) in [5.74, 6) is -0.969. The zero-order valence-electron chi connectivity index (χ0n) is 10.4. The molecule has 0 saturated heterocycles. The molecule has 3 heterocycles. The first-order chi connectivity index (χ1) is 9.74. The molecule has 0 bridgehead atoms. The Morgan fingerprint density at radius 1 is 1.05 bits per heavy atom. The Labute approximate surface area is 119 Å². The third-order valence-electron chi connectivity index (χ3n) is 2.83. The van der Waals surface area contributed by atoms with Gasteiger partial charge in [-0.3, -0.25) is 9.97 Å². The van der Waals surface area contributed by atoms with Crippen LogP contribution in [-0.2, 0) is 0 Å². The summed E-state index contributed by atoms with van der Waals surface area (Å²) in [6.45, 7) is 0. The number of carbonyl (C=O) groups is 1. The van der Waals surface area contributed by atoms with Crippen LogP contribution in [0.15, 0.2) is 54.2 Å². The van der Waals surface area contributed by atoms with E-state index in [1.165, 1.54) is 18.3 Å². The monoisotopic (exact) mass is 282 g/mol. The highest BCUT2D eigenvalue weighted by molar-refractivity contribution is 7.13. The van der Waals surface area contributed by atoms with Crippen LogP contribution in [0.3, 0.4) is 0 Å². The molecule has 0 fully saturated rings. The van der Waals surface area contributed by atoms with E-state index in [-0.39, 0.29) is 5.56 Å². The number of aromatic carboxylic acids is 1. The second-order valence-electron chi connectivity index (χ2n) is 4.14. The molecule has 98 valence electrons. The fourth-order valence-corrected chi connectivity index (χ4v) is 2.59. The molecule has 0 saturated carbocycles. The maximum Gasteiger partial charge on any atom is 0.335 e. The standard InChI is InChI=1S/C15H10N2O2S/c18-15(19)11-4-6-17-13(9-11)12-8-10(3-5-16-12)14-2-1-7-20-14/h1-9H,(H,18,19). The minimum absolute atomic E-state index is 0.207. The minimum atomic E-state index is -0.969. The van der Waals surface area contributed by atoms with Crippen LogP contribution in [0.25, 0.3) is 21.8 Å². The van der Waals surface area contributed by atoms with E-state index in [0.717, 1.165) is 10.4 Å². The summed E-state index contributed by atoms with van der Waals surface area (Å²) >= 11 is 1.65. The predicted molar refractivity (Wildman–Crippen MR) is 77.7 cm³/mol. The van der Waals surface area contributed by atoms with Crippen LogP contribution in [-0.4, -0.2) is 21.0 Å². The van der Waals surface area contributed by atoms with Gasteiger partial charge in [0.05, 0.1) is 17.0 Å². The van der Waals surface area contributed by atoms with Gasteiger partial charge in [-0.1, -0.05) is 6.07 Å². The topological polar surface area (TPSA) is 63.1 Å². The lowest BCUT2D eigenvalue weighted by atomic mass is 10.1. The van der Waals surface area contributed by atoms with E-state index in [2.05, 4.69) is 9.97 Å². The van der Waals surface area contributed by atoms with Gasteiger partial charge >= 0.3 is 5.97 Å². The van der Waals surface area contributed by atoms with Gasteiger partial charge in [0.15, 0.2) is 0 Å². The molecule has 0 aliphatic heterocycles. The molecule has 0 aromatic carbocycles. The fourth-order valence-electron chi connectivity index (χ4n) is 1.87. The van der Waals surface area contributed by atoms with Crippen molar-refractivity contribution >= 4 is 17.3 Å². The Bertz CT molecular complexity index is 754. The zero-order valence-corrected chi connectivity index (χ0v) is 11.2. The second kappa shape index (κ2) is 5.22. The van der Waals surface area contributed by atoms with E-state index in [1.807, 2.05) is 29.6 Å². The number of hydrogen-bond donors (Lipinski definition) is 1. The van der Waals surface area contributed by atoms with E-state index in [1.54, 1.807) is 17.5 Å². The summed E-state index contributed by atoms with van der Waals surface area (Å²) in [4.78, 5) is 20.6. The molecule has 1 N–H and O–H groups in total. The fraction of sp³-hybridized carbons (Fsp3) is 0. The van der Waals surface area contributed by atoms with Crippen LogP contribution in [0.1, 0.15) is 10.4 Å². The molecule has 4 nitrogen and oxygen atoms in total. The van der Waals surface area contributed by atoms with E-state index in [0.29, 0.717) is 11.4 Å². The number of thiophene rings is 1. The maximum absolute atomic E-state index is 11.0. The van der Waals surface area contributed by atoms with Crippen molar-refractivity contribution in [2.45, 2.75) is 0 Å².